The Morgan fingerprint density at radius 1 is 0.857 bits per heavy atom. The zero-order valence-electron chi connectivity index (χ0n) is 18.4. The summed E-state index contributed by atoms with van der Waals surface area (Å²) in [5.74, 6) is 2.69. The molecule has 0 radical (unpaired) electrons. The minimum absolute atomic E-state index is 0.641. The summed E-state index contributed by atoms with van der Waals surface area (Å²) in [5.41, 5.74) is 2.88. The third kappa shape index (κ3) is 5.85. The van der Waals surface area contributed by atoms with Gasteiger partial charge in [0.1, 0.15) is 0 Å². The molecule has 0 bridgehead atoms. The molecule has 0 amide bonds. The van der Waals surface area contributed by atoms with Gasteiger partial charge in [-0.15, -0.1) is 0 Å². The van der Waals surface area contributed by atoms with Gasteiger partial charge in [-0.25, -0.2) is 0 Å². The van der Waals surface area contributed by atoms with Crippen LogP contribution in [-0.2, 0) is 0 Å². The topological polar surface area (TPSA) is 23.8 Å². The van der Waals surface area contributed by atoms with Gasteiger partial charge in [0.15, 0.2) is 0 Å². The highest BCUT2D eigenvalue weighted by Crippen LogP contribution is 2.48. The molecule has 28 heavy (non-hydrogen) atoms. The van der Waals surface area contributed by atoms with E-state index >= 15 is 0 Å². The van der Waals surface area contributed by atoms with E-state index in [9.17, 15) is 0 Å². The van der Waals surface area contributed by atoms with E-state index in [-0.39, 0.29) is 0 Å². The summed E-state index contributed by atoms with van der Waals surface area (Å²) in [5, 5.41) is 8.99. The fourth-order valence-electron chi connectivity index (χ4n) is 5.97. The highest BCUT2D eigenvalue weighted by atomic mass is 14.4. The molecule has 0 unspecified atom stereocenters. The average molecular weight is 380 g/mol. The molecule has 154 valence electrons. The number of nitriles is 1. The smallest absolute Gasteiger partial charge is 0.0991 e. The van der Waals surface area contributed by atoms with E-state index in [0.29, 0.717) is 5.41 Å². The van der Waals surface area contributed by atoms with Crippen LogP contribution in [0.5, 0.6) is 0 Å². The molecule has 0 N–H and O–H groups in total. The molecule has 0 heterocycles. The van der Waals surface area contributed by atoms with Crippen molar-refractivity contribution in [2.24, 2.45) is 17.3 Å². The summed E-state index contributed by atoms with van der Waals surface area (Å²) in [6.07, 6.45) is 20.0. The quantitative estimate of drug-likeness (QED) is 0.416. The minimum Gasteiger partial charge on any atom is -0.192 e. The second kappa shape index (κ2) is 10.5. The third-order valence-electron chi connectivity index (χ3n) is 8.07. The number of hydrogen-bond acceptors (Lipinski definition) is 1. The van der Waals surface area contributed by atoms with E-state index in [4.69, 9.17) is 5.26 Å². The van der Waals surface area contributed by atoms with Crippen LogP contribution in [0.15, 0.2) is 24.3 Å². The van der Waals surface area contributed by atoms with Crippen LogP contribution in [-0.4, -0.2) is 0 Å². The van der Waals surface area contributed by atoms with E-state index in [1.807, 2.05) is 12.1 Å². The normalized spacial score (nSPS) is 30.7. The Kier molecular flexibility index (Phi) is 8.01. The summed E-state index contributed by atoms with van der Waals surface area (Å²) in [6.45, 7) is 4.88. The zero-order chi connectivity index (χ0) is 19.8. The second-order valence-corrected chi connectivity index (χ2v) is 10.2. The van der Waals surface area contributed by atoms with E-state index in [2.05, 4.69) is 32.0 Å². The van der Waals surface area contributed by atoms with Crippen LogP contribution in [0.3, 0.4) is 0 Å². The number of hydrogen-bond donors (Lipinski definition) is 0. The number of nitrogens with zero attached hydrogens (tertiary/aromatic N) is 1. The van der Waals surface area contributed by atoms with Crippen LogP contribution < -0.4 is 0 Å². The van der Waals surface area contributed by atoms with E-state index in [0.717, 1.165) is 23.3 Å². The lowest BCUT2D eigenvalue weighted by molar-refractivity contribution is 0.102. The van der Waals surface area contributed by atoms with Gasteiger partial charge in [-0.2, -0.15) is 5.26 Å². The number of benzene rings is 1. The van der Waals surface area contributed by atoms with Gasteiger partial charge < -0.3 is 0 Å². The summed E-state index contributed by atoms with van der Waals surface area (Å²) in [7, 11) is 0. The van der Waals surface area contributed by atoms with Crippen molar-refractivity contribution in [2.45, 2.75) is 110 Å². The molecule has 0 aliphatic heterocycles. The van der Waals surface area contributed by atoms with Gasteiger partial charge in [-0.3, -0.25) is 0 Å². The van der Waals surface area contributed by atoms with Crippen molar-refractivity contribution < 1.29 is 0 Å². The minimum atomic E-state index is 0.641. The molecule has 0 atom stereocenters. The van der Waals surface area contributed by atoms with E-state index in [1.54, 1.807) is 0 Å². The first kappa shape index (κ1) is 21.4. The Hall–Kier alpha value is -1.29. The van der Waals surface area contributed by atoms with Gasteiger partial charge in [-0.05, 0) is 98.7 Å². The van der Waals surface area contributed by atoms with Crippen molar-refractivity contribution in [2.75, 3.05) is 0 Å². The third-order valence-corrected chi connectivity index (χ3v) is 8.07. The van der Waals surface area contributed by atoms with Crippen LogP contribution in [0.1, 0.15) is 121 Å². The van der Waals surface area contributed by atoms with Crippen molar-refractivity contribution in [3.05, 3.63) is 35.4 Å². The molecule has 0 aromatic heterocycles. The van der Waals surface area contributed by atoms with Gasteiger partial charge in [0, 0.05) is 0 Å². The summed E-state index contributed by atoms with van der Waals surface area (Å²) in [4.78, 5) is 0. The molecule has 3 rings (SSSR count). The molecule has 2 aliphatic carbocycles. The van der Waals surface area contributed by atoms with Crippen LogP contribution in [0.4, 0.5) is 0 Å². The van der Waals surface area contributed by atoms with Crippen molar-refractivity contribution >= 4 is 0 Å². The Balaban J connectivity index is 1.39. The highest BCUT2D eigenvalue weighted by Gasteiger charge is 2.35. The van der Waals surface area contributed by atoms with Crippen LogP contribution in [0.25, 0.3) is 0 Å². The van der Waals surface area contributed by atoms with Crippen molar-refractivity contribution in [1.82, 2.24) is 0 Å². The van der Waals surface area contributed by atoms with Crippen molar-refractivity contribution in [3.8, 4) is 6.07 Å². The largest absolute Gasteiger partial charge is 0.192 e. The maximum absolute atomic E-state index is 8.99. The Bertz CT molecular complexity index is 607. The maximum Gasteiger partial charge on any atom is 0.0991 e. The van der Waals surface area contributed by atoms with Crippen LogP contribution in [0.2, 0.25) is 0 Å². The molecule has 2 aliphatic rings. The first-order valence-electron chi connectivity index (χ1n) is 12.1. The SMILES string of the molecule is CCCCCCCC1(C)CCC(C2CCC(c3ccc(C#N)cc3)CC2)CC1. The van der Waals surface area contributed by atoms with Gasteiger partial charge in [0.05, 0.1) is 11.6 Å². The van der Waals surface area contributed by atoms with Crippen molar-refractivity contribution in [3.63, 3.8) is 0 Å². The van der Waals surface area contributed by atoms with E-state index in [1.165, 1.54) is 95.5 Å². The molecular weight excluding hydrogens is 338 g/mol. The monoisotopic (exact) mass is 379 g/mol. The molecule has 1 aromatic carbocycles. The second-order valence-electron chi connectivity index (χ2n) is 10.2. The average Bonchev–Trinajstić information content (AvgIpc) is 2.74. The summed E-state index contributed by atoms with van der Waals surface area (Å²) in [6, 6.07) is 10.6. The lowest BCUT2D eigenvalue weighted by atomic mass is 9.63. The maximum atomic E-state index is 8.99. The summed E-state index contributed by atoms with van der Waals surface area (Å²) >= 11 is 0. The van der Waals surface area contributed by atoms with Gasteiger partial charge in [0.25, 0.3) is 0 Å². The molecule has 2 fully saturated rings. The predicted molar refractivity (Wildman–Crippen MR) is 119 cm³/mol. The first-order chi connectivity index (χ1) is 13.6. The lowest BCUT2D eigenvalue weighted by Crippen LogP contribution is -2.30. The zero-order valence-corrected chi connectivity index (χ0v) is 18.4. The molecule has 2 saturated carbocycles. The Labute approximate surface area is 173 Å². The number of rotatable bonds is 8. The number of unbranched alkanes of at least 4 members (excludes halogenated alkanes) is 4. The molecule has 1 nitrogen and oxygen atoms in total. The fourth-order valence-corrected chi connectivity index (χ4v) is 5.97. The molecule has 1 aromatic rings. The van der Waals surface area contributed by atoms with Gasteiger partial charge in [-0.1, -0.05) is 58.1 Å². The van der Waals surface area contributed by atoms with E-state index < -0.39 is 0 Å². The molecule has 0 spiro atoms. The Morgan fingerprint density at radius 2 is 1.46 bits per heavy atom. The molecule has 1 heteroatoms. The lowest BCUT2D eigenvalue weighted by Gasteiger charge is -2.42. The van der Waals surface area contributed by atoms with Crippen LogP contribution in [0, 0.1) is 28.6 Å². The van der Waals surface area contributed by atoms with Crippen LogP contribution >= 0.6 is 0 Å². The predicted octanol–water partition coefficient (Wildman–Crippen LogP) is 8.39. The van der Waals surface area contributed by atoms with Gasteiger partial charge >= 0.3 is 0 Å². The Morgan fingerprint density at radius 3 is 2.07 bits per heavy atom. The highest BCUT2D eigenvalue weighted by molar-refractivity contribution is 5.33. The molecule has 0 saturated heterocycles. The summed E-state index contributed by atoms with van der Waals surface area (Å²) < 4.78 is 0. The fraction of sp³-hybridized carbons (Fsp3) is 0.741. The standard InChI is InChI=1S/C27H41N/c1-3-4-5-6-7-18-27(2)19-16-26(17-20-27)25-14-12-24(13-15-25)23-10-8-22(21-28)9-11-23/h8-11,24-26H,3-7,12-20H2,1-2H3. The van der Waals surface area contributed by atoms with Crippen molar-refractivity contribution in [1.29, 1.82) is 5.26 Å². The first-order valence-corrected chi connectivity index (χ1v) is 12.1. The molecular formula is C27H41N. The van der Waals surface area contributed by atoms with Gasteiger partial charge in [0.2, 0.25) is 0 Å².